The highest BCUT2D eigenvalue weighted by Crippen LogP contribution is 2.37. The summed E-state index contributed by atoms with van der Waals surface area (Å²) in [6.45, 7) is 2.30. The van der Waals surface area contributed by atoms with Gasteiger partial charge in [0.2, 0.25) is 0 Å². The molecule has 1 saturated carbocycles. The largest absolute Gasteiger partial charge is 0.444 e. The average molecular weight is 338 g/mol. The van der Waals surface area contributed by atoms with Crippen molar-refractivity contribution in [3.63, 3.8) is 0 Å². The highest BCUT2D eigenvalue weighted by Gasteiger charge is 2.27. The summed E-state index contributed by atoms with van der Waals surface area (Å²) in [6.07, 6.45) is 4.88. The summed E-state index contributed by atoms with van der Waals surface area (Å²) in [4.78, 5) is 28.1. The van der Waals surface area contributed by atoms with Crippen LogP contribution in [0.25, 0.3) is 0 Å². The number of hydrogen-bond donors (Lipinski definition) is 1. The number of nitrogens with zero attached hydrogens (tertiary/aromatic N) is 1. The lowest BCUT2D eigenvalue weighted by Gasteiger charge is -2.27. The van der Waals surface area contributed by atoms with E-state index >= 15 is 0 Å². The van der Waals surface area contributed by atoms with Crippen molar-refractivity contribution in [1.82, 2.24) is 4.98 Å². The molecule has 1 aliphatic carbocycles. The molecule has 1 amide bonds. The lowest BCUT2D eigenvalue weighted by molar-refractivity contribution is -0.121. The minimum absolute atomic E-state index is 0.115. The first-order valence-corrected chi connectivity index (χ1v) is 8.55. The number of pyridine rings is 1. The lowest BCUT2D eigenvalue weighted by Crippen LogP contribution is -2.22. The van der Waals surface area contributed by atoms with Gasteiger partial charge in [-0.05, 0) is 35.4 Å². The molecule has 3 rings (SSSR count). The van der Waals surface area contributed by atoms with Crippen LogP contribution in [-0.2, 0) is 16.1 Å². The van der Waals surface area contributed by atoms with Crippen LogP contribution in [0.3, 0.4) is 0 Å². The van der Waals surface area contributed by atoms with E-state index in [9.17, 15) is 9.59 Å². The Kier molecular flexibility index (Phi) is 5.43. The maximum atomic E-state index is 12.1. The molecule has 2 aromatic rings. The number of ketones is 1. The molecular formula is C20H22N2O3. The van der Waals surface area contributed by atoms with Gasteiger partial charge in [-0.25, -0.2) is 4.79 Å². The van der Waals surface area contributed by atoms with Gasteiger partial charge in [0, 0.05) is 19.0 Å². The fourth-order valence-corrected chi connectivity index (χ4v) is 3.37. The zero-order valence-electron chi connectivity index (χ0n) is 14.3. The topological polar surface area (TPSA) is 68.3 Å². The second kappa shape index (κ2) is 7.92. The van der Waals surface area contributed by atoms with Gasteiger partial charge in [-0.15, -0.1) is 0 Å². The van der Waals surface area contributed by atoms with Crippen molar-refractivity contribution in [3.8, 4) is 0 Å². The second-order valence-corrected chi connectivity index (χ2v) is 6.63. The Bertz CT molecular complexity index is 746. The number of Topliss-reactive ketones (excluding diaryl/α,β-unsaturated/α-hetero) is 1. The fourth-order valence-electron chi connectivity index (χ4n) is 3.37. The molecule has 0 bridgehead atoms. The normalized spacial score (nSPS) is 20.1. The van der Waals surface area contributed by atoms with Crippen molar-refractivity contribution in [1.29, 1.82) is 0 Å². The standard InChI is InChI=1S/C20H22N2O3/c1-14-9-16(11-17(23)10-14)18-7-8-21-12-19(18)22-20(24)25-13-15-5-3-2-4-6-15/h2-8,12,14,16H,9-11,13H2,1H3,(H,22,24). The number of rotatable bonds is 4. The van der Waals surface area contributed by atoms with Gasteiger partial charge in [0.1, 0.15) is 12.4 Å². The van der Waals surface area contributed by atoms with Crippen LogP contribution < -0.4 is 5.32 Å². The summed E-state index contributed by atoms with van der Waals surface area (Å²) >= 11 is 0. The van der Waals surface area contributed by atoms with Crippen molar-refractivity contribution < 1.29 is 14.3 Å². The van der Waals surface area contributed by atoms with E-state index in [4.69, 9.17) is 4.74 Å². The molecule has 5 heteroatoms. The molecule has 2 unspecified atom stereocenters. The van der Waals surface area contributed by atoms with Crippen molar-refractivity contribution in [2.75, 3.05) is 5.32 Å². The zero-order chi connectivity index (χ0) is 17.6. The molecule has 130 valence electrons. The number of carbonyl (C=O) groups excluding carboxylic acids is 2. The Labute approximate surface area is 147 Å². The molecular weight excluding hydrogens is 316 g/mol. The van der Waals surface area contributed by atoms with E-state index in [0.29, 0.717) is 24.4 Å². The van der Waals surface area contributed by atoms with Gasteiger partial charge in [-0.2, -0.15) is 0 Å². The highest BCUT2D eigenvalue weighted by atomic mass is 16.5. The molecule has 1 N–H and O–H groups in total. The van der Waals surface area contributed by atoms with E-state index in [-0.39, 0.29) is 18.3 Å². The van der Waals surface area contributed by atoms with Crippen molar-refractivity contribution >= 4 is 17.6 Å². The lowest BCUT2D eigenvalue weighted by atomic mass is 9.78. The summed E-state index contributed by atoms with van der Waals surface area (Å²) in [5, 5.41) is 2.77. The van der Waals surface area contributed by atoms with E-state index in [1.807, 2.05) is 36.4 Å². The third kappa shape index (κ3) is 4.66. The third-order valence-electron chi connectivity index (χ3n) is 4.48. The van der Waals surface area contributed by atoms with Gasteiger partial charge in [0.15, 0.2) is 0 Å². The fraction of sp³-hybridized carbons (Fsp3) is 0.350. The van der Waals surface area contributed by atoms with E-state index in [1.54, 1.807) is 12.4 Å². The van der Waals surface area contributed by atoms with Crippen LogP contribution in [0.1, 0.15) is 43.2 Å². The number of nitrogens with one attached hydrogen (secondary N) is 1. The van der Waals surface area contributed by atoms with Crippen LogP contribution in [0.15, 0.2) is 48.8 Å². The van der Waals surface area contributed by atoms with E-state index in [2.05, 4.69) is 17.2 Å². The SMILES string of the molecule is CC1CC(=O)CC(c2ccncc2NC(=O)OCc2ccccc2)C1. The average Bonchev–Trinajstić information content (AvgIpc) is 2.60. The van der Waals surface area contributed by atoms with Gasteiger partial charge in [0.05, 0.1) is 11.9 Å². The van der Waals surface area contributed by atoms with Crippen molar-refractivity contribution in [2.45, 2.75) is 38.7 Å². The molecule has 1 heterocycles. The number of ether oxygens (including phenoxy) is 1. The molecule has 0 saturated heterocycles. The zero-order valence-corrected chi connectivity index (χ0v) is 14.3. The Hall–Kier alpha value is -2.69. The van der Waals surface area contributed by atoms with Crippen molar-refractivity contribution in [2.24, 2.45) is 5.92 Å². The molecule has 1 fully saturated rings. The summed E-state index contributed by atoms with van der Waals surface area (Å²) < 4.78 is 5.27. The van der Waals surface area contributed by atoms with Crippen molar-refractivity contribution in [3.05, 3.63) is 59.9 Å². The summed E-state index contributed by atoms with van der Waals surface area (Å²) in [5.74, 6) is 0.749. The van der Waals surface area contributed by atoms with Crippen LogP contribution in [0.2, 0.25) is 0 Å². The number of aromatic nitrogens is 1. The van der Waals surface area contributed by atoms with Crippen LogP contribution in [0.4, 0.5) is 10.5 Å². The van der Waals surface area contributed by atoms with Crippen LogP contribution in [-0.4, -0.2) is 16.9 Å². The van der Waals surface area contributed by atoms with Gasteiger partial charge in [-0.1, -0.05) is 37.3 Å². The van der Waals surface area contributed by atoms with Crippen LogP contribution in [0.5, 0.6) is 0 Å². The molecule has 2 atom stereocenters. The number of carbonyl (C=O) groups is 2. The molecule has 0 radical (unpaired) electrons. The van der Waals surface area contributed by atoms with Crippen LogP contribution in [0, 0.1) is 5.92 Å². The summed E-state index contributed by atoms with van der Waals surface area (Å²) in [7, 11) is 0. The number of benzene rings is 1. The Balaban J connectivity index is 1.66. The molecule has 25 heavy (non-hydrogen) atoms. The van der Waals surface area contributed by atoms with Gasteiger partial charge in [-0.3, -0.25) is 15.1 Å². The number of amides is 1. The Morgan fingerprint density at radius 3 is 2.80 bits per heavy atom. The minimum atomic E-state index is -0.520. The molecule has 1 aromatic heterocycles. The Morgan fingerprint density at radius 1 is 1.24 bits per heavy atom. The van der Waals surface area contributed by atoms with E-state index in [1.165, 1.54) is 0 Å². The van der Waals surface area contributed by atoms with Gasteiger partial charge in [0.25, 0.3) is 0 Å². The molecule has 1 aromatic carbocycles. The maximum Gasteiger partial charge on any atom is 0.412 e. The first-order valence-electron chi connectivity index (χ1n) is 8.55. The predicted octanol–water partition coefficient (Wildman–Crippen LogP) is 4.30. The highest BCUT2D eigenvalue weighted by molar-refractivity contribution is 5.86. The predicted molar refractivity (Wildman–Crippen MR) is 95.2 cm³/mol. The molecule has 1 aliphatic rings. The monoisotopic (exact) mass is 338 g/mol. The van der Waals surface area contributed by atoms with E-state index < -0.39 is 6.09 Å². The van der Waals surface area contributed by atoms with Crippen LogP contribution >= 0.6 is 0 Å². The number of anilines is 1. The third-order valence-corrected chi connectivity index (χ3v) is 4.48. The summed E-state index contributed by atoms with van der Waals surface area (Å²) in [5.41, 5.74) is 2.50. The molecule has 0 spiro atoms. The van der Waals surface area contributed by atoms with E-state index in [0.717, 1.165) is 17.5 Å². The second-order valence-electron chi connectivity index (χ2n) is 6.63. The molecule has 5 nitrogen and oxygen atoms in total. The van der Waals surface area contributed by atoms with Gasteiger partial charge < -0.3 is 4.74 Å². The number of hydrogen-bond acceptors (Lipinski definition) is 4. The Morgan fingerprint density at radius 2 is 2.04 bits per heavy atom. The van der Waals surface area contributed by atoms with Gasteiger partial charge >= 0.3 is 6.09 Å². The minimum Gasteiger partial charge on any atom is -0.444 e. The summed E-state index contributed by atoms with van der Waals surface area (Å²) in [6, 6.07) is 11.4. The maximum absolute atomic E-state index is 12.1. The smallest absolute Gasteiger partial charge is 0.412 e. The first-order chi connectivity index (χ1) is 12.1. The first kappa shape index (κ1) is 17.1. The molecule has 0 aliphatic heterocycles. The quantitative estimate of drug-likeness (QED) is 0.902.